The van der Waals surface area contributed by atoms with Crippen molar-refractivity contribution in [2.45, 2.75) is 25.7 Å². The molecule has 1 aromatic rings. The fourth-order valence-corrected chi connectivity index (χ4v) is 1.61. The van der Waals surface area contributed by atoms with E-state index in [0.717, 1.165) is 0 Å². The minimum absolute atomic E-state index is 0. The van der Waals surface area contributed by atoms with Crippen LogP contribution in [-0.2, 0) is 39.0 Å². The molecule has 0 atom stereocenters. The molecule has 0 spiro atoms. The molecule has 0 amide bonds. The van der Waals surface area contributed by atoms with E-state index in [9.17, 15) is 0 Å². The first kappa shape index (κ1) is 14.8. The molecule has 0 aromatic heterocycles. The van der Waals surface area contributed by atoms with Crippen LogP contribution < -0.4 is 0 Å². The molecule has 2 rings (SSSR count). The van der Waals surface area contributed by atoms with E-state index in [1.807, 2.05) is 0 Å². The van der Waals surface area contributed by atoms with Gasteiger partial charge in [0.05, 0.1) is 0 Å². The Bertz CT molecular complexity index is 210. The number of rotatable bonds is 1. The molecule has 0 saturated heterocycles. The van der Waals surface area contributed by atoms with Gasteiger partial charge in [-0.05, 0) is 0 Å². The number of aryl methyl sites for hydroxylation is 2. The summed E-state index contributed by atoms with van der Waals surface area (Å²) < 4.78 is 0. The smallest absolute Gasteiger partial charge is 0.0359 e. The first-order valence-corrected chi connectivity index (χ1v) is 5.80. The summed E-state index contributed by atoms with van der Waals surface area (Å²) in [6.45, 7) is 0. The van der Waals surface area contributed by atoms with Gasteiger partial charge < -0.3 is 0 Å². The molecule has 0 nitrogen and oxygen atoms in total. The molecule has 0 aliphatic heterocycles. The number of hydrogen-bond donors (Lipinski definition) is 0. The van der Waals surface area contributed by atoms with Crippen LogP contribution in [0.5, 0.6) is 0 Å². The van der Waals surface area contributed by atoms with Gasteiger partial charge in [0.25, 0.3) is 0 Å². The molecule has 0 radical (unpaired) electrons. The minimum atomic E-state index is 0. The molecule has 1 aromatic carbocycles. The van der Waals surface area contributed by atoms with Crippen LogP contribution in [-0.4, -0.2) is 11.8 Å². The van der Waals surface area contributed by atoms with Gasteiger partial charge in [0, 0.05) is 38.0 Å². The van der Waals surface area contributed by atoms with Crippen molar-refractivity contribution in [1.29, 1.82) is 0 Å². The fraction of sp³-hybridized carbons (Fsp3) is 0.545. The molecule has 0 saturated carbocycles. The van der Waals surface area contributed by atoms with Crippen LogP contribution in [0, 0.1) is 0 Å². The van der Waals surface area contributed by atoms with E-state index in [2.05, 4.69) is 18.2 Å². The van der Waals surface area contributed by atoms with Crippen LogP contribution in [0.3, 0.4) is 0 Å². The van der Waals surface area contributed by atoms with Crippen LogP contribution in [0.15, 0.2) is 18.2 Å². The summed E-state index contributed by atoms with van der Waals surface area (Å²) in [4.78, 5) is 0. The van der Waals surface area contributed by atoms with Crippen molar-refractivity contribution in [3.8, 4) is 0 Å². The summed E-state index contributed by atoms with van der Waals surface area (Å²) >= 11 is 10.1. The second-order valence-corrected chi connectivity index (χ2v) is 3.92. The normalized spacial score (nSPS) is 13.3. The van der Waals surface area contributed by atoms with Crippen molar-refractivity contribution >= 4 is 23.2 Å². The molecule has 1 aliphatic rings. The maximum Gasteiger partial charge on any atom is 0.0359 e. The maximum absolute atomic E-state index is 5.05. The Hall–Kier alpha value is 0.813. The van der Waals surface area contributed by atoms with Gasteiger partial charge in [-0.2, -0.15) is 23.3 Å². The average molecular weight is 309 g/mol. The van der Waals surface area contributed by atoms with Gasteiger partial charge >= 0.3 is 0 Å². The molecule has 0 bridgehead atoms. The van der Waals surface area contributed by atoms with Gasteiger partial charge in [-0.1, -0.05) is 25.7 Å². The van der Waals surface area contributed by atoms with Crippen LogP contribution in [0.1, 0.15) is 24.0 Å². The van der Waals surface area contributed by atoms with E-state index >= 15 is 0 Å². The number of alkyl halides is 2. The number of halogens is 2. The Balaban J connectivity index is 0.000000299. The molecular weight excluding hydrogens is 294 g/mol. The summed E-state index contributed by atoms with van der Waals surface area (Å²) in [6.07, 6.45) is 5.44. The summed E-state index contributed by atoms with van der Waals surface area (Å²) in [6, 6.07) is 6.69. The molecule has 0 heterocycles. The summed E-state index contributed by atoms with van der Waals surface area (Å²) in [5.74, 6) is 1.11. The van der Waals surface area contributed by atoms with Gasteiger partial charge in [-0.15, -0.1) is 23.2 Å². The standard InChI is InChI=1S/C9H11.C2H4Cl2.Zr/c1-2-5-9-7-3-6-8(9)4-1;3-1-2-4;/h3,6-7H,1-2,4-5H2;1-2H2;/q-1;;. The van der Waals surface area contributed by atoms with Crippen molar-refractivity contribution in [1.82, 2.24) is 0 Å². The van der Waals surface area contributed by atoms with Crippen molar-refractivity contribution in [2.75, 3.05) is 11.8 Å². The first-order chi connectivity index (χ1) is 6.38. The van der Waals surface area contributed by atoms with E-state index in [1.165, 1.54) is 25.7 Å². The largest absolute Gasteiger partial charge is 0.210 e. The Morgan fingerprint density at radius 1 is 1.14 bits per heavy atom. The zero-order valence-corrected chi connectivity index (χ0v) is 12.2. The Kier molecular flexibility index (Phi) is 9.60. The van der Waals surface area contributed by atoms with E-state index in [4.69, 9.17) is 23.2 Å². The van der Waals surface area contributed by atoms with Crippen LogP contribution in [0.25, 0.3) is 0 Å². The third-order valence-electron chi connectivity index (χ3n) is 2.22. The van der Waals surface area contributed by atoms with Crippen molar-refractivity contribution < 1.29 is 26.2 Å². The van der Waals surface area contributed by atoms with E-state index in [-0.39, 0.29) is 26.2 Å². The monoisotopic (exact) mass is 307 g/mol. The van der Waals surface area contributed by atoms with Gasteiger partial charge in [0.2, 0.25) is 0 Å². The van der Waals surface area contributed by atoms with Crippen LogP contribution in [0.2, 0.25) is 0 Å². The Morgan fingerprint density at radius 2 is 1.79 bits per heavy atom. The second-order valence-electron chi connectivity index (χ2n) is 3.16. The summed E-state index contributed by atoms with van der Waals surface area (Å²) in [5, 5.41) is 0. The zero-order valence-electron chi connectivity index (χ0n) is 8.23. The first-order valence-electron chi connectivity index (χ1n) is 4.74. The molecule has 1 aliphatic carbocycles. The van der Waals surface area contributed by atoms with Gasteiger partial charge in [-0.25, -0.2) is 6.07 Å². The van der Waals surface area contributed by atoms with Gasteiger partial charge in [0.1, 0.15) is 0 Å². The molecule has 0 unspecified atom stereocenters. The summed E-state index contributed by atoms with van der Waals surface area (Å²) in [5.41, 5.74) is 3.20. The van der Waals surface area contributed by atoms with Gasteiger partial charge in [-0.3, -0.25) is 0 Å². The Morgan fingerprint density at radius 3 is 2.36 bits per heavy atom. The van der Waals surface area contributed by atoms with Crippen molar-refractivity contribution in [3.63, 3.8) is 0 Å². The topological polar surface area (TPSA) is 0 Å². The van der Waals surface area contributed by atoms with E-state index < -0.39 is 0 Å². The molecule has 78 valence electrons. The van der Waals surface area contributed by atoms with Crippen LogP contribution >= 0.6 is 23.2 Å². The van der Waals surface area contributed by atoms with Crippen LogP contribution in [0.4, 0.5) is 0 Å². The van der Waals surface area contributed by atoms with Crippen molar-refractivity contribution in [2.24, 2.45) is 0 Å². The molecule has 3 heteroatoms. The van der Waals surface area contributed by atoms with E-state index in [1.54, 1.807) is 11.1 Å². The second kappa shape index (κ2) is 9.07. The van der Waals surface area contributed by atoms with E-state index in [0.29, 0.717) is 11.8 Å². The Labute approximate surface area is 115 Å². The quantitative estimate of drug-likeness (QED) is 0.547. The maximum atomic E-state index is 5.05. The molecule has 0 fully saturated rings. The van der Waals surface area contributed by atoms with Gasteiger partial charge in [0.15, 0.2) is 0 Å². The predicted octanol–water partition coefficient (Wildman–Crippen LogP) is 3.75. The summed E-state index contributed by atoms with van der Waals surface area (Å²) in [7, 11) is 0. The van der Waals surface area contributed by atoms with Crippen molar-refractivity contribution in [3.05, 3.63) is 29.3 Å². The minimum Gasteiger partial charge on any atom is -0.210 e. The zero-order chi connectivity index (χ0) is 9.52. The fourth-order valence-electron chi connectivity index (χ4n) is 1.61. The predicted molar refractivity (Wildman–Crippen MR) is 60.1 cm³/mol. The SMILES string of the molecule is ClCCCl.[Zr].c1cc2c([cH-]1)CCCC2. The molecule has 0 N–H and O–H groups in total. The molecule has 14 heavy (non-hydrogen) atoms. The number of fused-ring (bicyclic) bond motifs is 1. The third kappa shape index (κ3) is 5.05. The average Bonchev–Trinajstić information content (AvgIpc) is 2.66. The molecular formula is C11H15Cl2Zr-. The third-order valence-corrected chi connectivity index (χ3v) is 2.79. The number of hydrogen-bond acceptors (Lipinski definition) is 0.